The van der Waals surface area contributed by atoms with Gasteiger partial charge in [-0.2, -0.15) is 9.78 Å². The average Bonchev–Trinajstić information content (AvgIpc) is 3.26. The molecule has 2 aromatic heterocycles. The summed E-state index contributed by atoms with van der Waals surface area (Å²) in [6, 6.07) is 10.3. The lowest BCUT2D eigenvalue weighted by molar-refractivity contribution is 0.353. The standard InChI is InChI=1S/C16H20N8/c1-2-14-18-15-9-8-12(11-23(15)20-14)17-10-16-19-21-22-24(16)13-6-4-3-5-7-13/h3-7,12,17H,2,8-11H2,1H3/t12-/m0/s1. The van der Waals surface area contributed by atoms with Gasteiger partial charge in [0.25, 0.3) is 0 Å². The maximum absolute atomic E-state index is 4.56. The van der Waals surface area contributed by atoms with E-state index in [1.807, 2.05) is 35.0 Å². The van der Waals surface area contributed by atoms with Crippen molar-refractivity contribution >= 4 is 0 Å². The van der Waals surface area contributed by atoms with Crippen molar-refractivity contribution in [3.63, 3.8) is 0 Å². The van der Waals surface area contributed by atoms with Crippen LogP contribution in [0, 0.1) is 0 Å². The molecule has 0 radical (unpaired) electrons. The van der Waals surface area contributed by atoms with Gasteiger partial charge < -0.3 is 5.32 Å². The van der Waals surface area contributed by atoms with Crippen LogP contribution >= 0.6 is 0 Å². The van der Waals surface area contributed by atoms with Crippen LogP contribution in [0.2, 0.25) is 0 Å². The lowest BCUT2D eigenvalue weighted by atomic mass is 10.1. The molecule has 0 unspecified atom stereocenters. The van der Waals surface area contributed by atoms with Crippen LogP contribution in [0.1, 0.15) is 30.8 Å². The van der Waals surface area contributed by atoms with E-state index in [1.165, 1.54) is 0 Å². The topological polar surface area (TPSA) is 86.3 Å². The Morgan fingerprint density at radius 3 is 2.96 bits per heavy atom. The van der Waals surface area contributed by atoms with E-state index >= 15 is 0 Å². The Kier molecular flexibility index (Phi) is 4.04. The summed E-state index contributed by atoms with van der Waals surface area (Å²) >= 11 is 0. The van der Waals surface area contributed by atoms with E-state index < -0.39 is 0 Å². The number of hydrogen-bond donors (Lipinski definition) is 1. The Bertz CT molecular complexity index is 807. The fraction of sp³-hybridized carbons (Fsp3) is 0.438. The quantitative estimate of drug-likeness (QED) is 0.751. The van der Waals surface area contributed by atoms with Gasteiger partial charge in [0.05, 0.1) is 18.8 Å². The summed E-state index contributed by atoms with van der Waals surface area (Å²) in [5.41, 5.74) is 0.967. The highest BCUT2D eigenvalue weighted by atomic mass is 15.5. The van der Waals surface area contributed by atoms with Gasteiger partial charge >= 0.3 is 0 Å². The molecule has 24 heavy (non-hydrogen) atoms. The van der Waals surface area contributed by atoms with Gasteiger partial charge in [-0.05, 0) is 29.0 Å². The second kappa shape index (κ2) is 6.48. The van der Waals surface area contributed by atoms with Gasteiger partial charge in [-0.25, -0.2) is 9.67 Å². The van der Waals surface area contributed by atoms with E-state index in [9.17, 15) is 0 Å². The van der Waals surface area contributed by atoms with E-state index in [4.69, 9.17) is 0 Å². The number of rotatable bonds is 5. The maximum atomic E-state index is 4.56. The number of hydrogen-bond acceptors (Lipinski definition) is 6. The molecule has 0 bridgehead atoms. The van der Waals surface area contributed by atoms with Crippen LogP contribution in [-0.4, -0.2) is 41.0 Å². The SMILES string of the molecule is CCc1nc2n(n1)C[C@@H](NCc1nnnn1-c1ccccc1)CC2. The van der Waals surface area contributed by atoms with Crippen molar-refractivity contribution in [3.05, 3.63) is 47.8 Å². The maximum Gasteiger partial charge on any atom is 0.170 e. The Morgan fingerprint density at radius 2 is 2.12 bits per heavy atom. The van der Waals surface area contributed by atoms with Gasteiger partial charge in [0.1, 0.15) is 5.82 Å². The van der Waals surface area contributed by atoms with Crippen LogP contribution in [0.3, 0.4) is 0 Å². The van der Waals surface area contributed by atoms with Crippen molar-refractivity contribution in [2.24, 2.45) is 0 Å². The Labute approximate surface area is 139 Å². The molecule has 0 saturated carbocycles. The number of nitrogens with one attached hydrogen (secondary N) is 1. The van der Waals surface area contributed by atoms with Gasteiger partial charge in [-0.3, -0.25) is 0 Å². The molecular formula is C16H20N8. The Morgan fingerprint density at radius 1 is 1.25 bits per heavy atom. The molecule has 0 fully saturated rings. The number of aromatic nitrogens is 7. The summed E-state index contributed by atoms with van der Waals surface area (Å²) in [5.74, 6) is 2.83. The summed E-state index contributed by atoms with van der Waals surface area (Å²) in [5, 5.41) is 20.1. The molecule has 1 aliphatic heterocycles. The molecule has 1 aromatic carbocycles. The zero-order chi connectivity index (χ0) is 16.4. The normalized spacial score (nSPS) is 17.0. The van der Waals surface area contributed by atoms with Crippen LogP contribution in [-0.2, 0) is 25.9 Å². The molecule has 8 heteroatoms. The molecule has 0 aliphatic carbocycles. The van der Waals surface area contributed by atoms with E-state index in [2.05, 4.69) is 37.8 Å². The molecular weight excluding hydrogens is 304 g/mol. The fourth-order valence-corrected chi connectivity index (χ4v) is 3.00. The minimum Gasteiger partial charge on any atom is -0.305 e. The average molecular weight is 324 g/mol. The summed E-state index contributed by atoms with van der Waals surface area (Å²) in [6.45, 7) is 3.55. The summed E-state index contributed by atoms with van der Waals surface area (Å²) < 4.78 is 3.80. The van der Waals surface area contributed by atoms with Gasteiger partial charge in [-0.1, -0.05) is 25.1 Å². The third-order valence-corrected chi connectivity index (χ3v) is 4.30. The fourth-order valence-electron chi connectivity index (χ4n) is 3.00. The molecule has 0 saturated heterocycles. The molecule has 124 valence electrons. The van der Waals surface area contributed by atoms with Gasteiger partial charge in [-0.15, -0.1) is 5.10 Å². The first kappa shape index (κ1) is 14.9. The molecule has 1 N–H and O–H groups in total. The minimum absolute atomic E-state index is 0.352. The largest absolute Gasteiger partial charge is 0.305 e. The molecule has 3 heterocycles. The van der Waals surface area contributed by atoms with E-state index in [-0.39, 0.29) is 0 Å². The number of fused-ring (bicyclic) bond motifs is 1. The zero-order valence-corrected chi connectivity index (χ0v) is 13.6. The molecule has 8 nitrogen and oxygen atoms in total. The number of tetrazole rings is 1. The predicted molar refractivity (Wildman–Crippen MR) is 87.5 cm³/mol. The Balaban J connectivity index is 1.42. The summed E-state index contributed by atoms with van der Waals surface area (Å²) in [6.07, 6.45) is 2.88. The highest BCUT2D eigenvalue weighted by Gasteiger charge is 2.21. The van der Waals surface area contributed by atoms with E-state index in [1.54, 1.807) is 4.68 Å². The van der Waals surface area contributed by atoms with Crippen molar-refractivity contribution in [2.45, 2.75) is 45.3 Å². The number of para-hydroxylation sites is 1. The summed E-state index contributed by atoms with van der Waals surface area (Å²) in [7, 11) is 0. The predicted octanol–water partition coefficient (Wildman–Crippen LogP) is 0.921. The summed E-state index contributed by atoms with van der Waals surface area (Å²) in [4.78, 5) is 4.56. The second-order valence-corrected chi connectivity index (χ2v) is 5.94. The highest BCUT2D eigenvalue weighted by Crippen LogP contribution is 2.14. The van der Waals surface area contributed by atoms with Crippen LogP contribution in [0.25, 0.3) is 5.69 Å². The van der Waals surface area contributed by atoms with Crippen LogP contribution in [0.5, 0.6) is 0 Å². The first-order valence-corrected chi connectivity index (χ1v) is 8.32. The lowest BCUT2D eigenvalue weighted by Crippen LogP contribution is -2.38. The lowest BCUT2D eigenvalue weighted by Gasteiger charge is -2.23. The number of aryl methyl sites for hydroxylation is 2. The van der Waals surface area contributed by atoms with Crippen molar-refractivity contribution in [1.29, 1.82) is 0 Å². The minimum atomic E-state index is 0.352. The third kappa shape index (κ3) is 2.92. The second-order valence-electron chi connectivity index (χ2n) is 5.94. The monoisotopic (exact) mass is 324 g/mol. The van der Waals surface area contributed by atoms with Crippen molar-refractivity contribution in [3.8, 4) is 5.69 Å². The molecule has 4 rings (SSSR count). The van der Waals surface area contributed by atoms with Crippen molar-refractivity contribution in [1.82, 2.24) is 40.3 Å². The highest BCUT2D eigenvalue weighted by molar-refractivity contribution is 5.30. The molecule has 1 atom stereocenters. The third-order valence-electron chi connectivity index (χ3n) is 4.30. The first-order chi connectivity index (χ1) is 11.8. The molecule has 0 spiro atoms. The zero-order valence-electron chi connectivity index (χ0n) is 13.6. The van der Waals surface area contributed by atoms with Crippen LogP contribution in [0.15, 0.2) is 30.3 Å². The van der Waals surface area contributed by atoms with Crippen LogP contribution in [0.4, 0.5) is 0 Å². The van der Waals surface area contributed by atoms with E-state index in [0.29, 0.717) is 12.6 Å². The number of benzene rings is 1. The van der Waals surface area contributed by atoms with E-state index in [0.717, 1.165) is 49.0 Å². The Hall–Kier alpha value is -2.61. The molecule has 1 aliphatic rings. The van der Waals surface area contributed by atoms with Gasteiger partial charge in [0.2, 0.25) is 0 Å². The van der Waals surface area contributed by atoms with Crippen molar-refractivity contribution < 1.29 is 0 Å². The van der Waals surface area contributed by atoms with Crippen LogP contribution < -0.4 is 5.32 Å². The van der Waals surface area contributed by atoms with Crippen molar-refractivity contribution in [2.75, 3.05) is 0 Å². The first-order valence-electron chi connectivity index (χ1n) is 8.32. The molecule has 3 aromatic rings. The van der Waals surface area contributed by atoms with Gasteiger partial charge in [0.15, 0.2) is 11.6 Å². The van der Waals surface area contributed by atoms with Gasteiger partial charge in [0, 0.05) is 18.9 Å². The number of nitrogens with zero attached hydrogens (tertiary/aromatic N) is 7. The molecule has 0 amide bonds. The smallest absolute Gasteiger partial charge is 0.170 e.